The first-order chi connectivity index (χ1) is 6.75. The molecular formula is C10H10N2O2. The average Bonchev–Trinajstić information content (AvgIpc) is 2.57. The van der Waals surface area contributed by atoms with Crippen molar-refractivity contribution in [3.8, 4) is 0 Å². The third-order valence-corrected chi connectivity index (χ3v) is 2.26. The lowest BCUT2D eigenvalue weighted by Gasteiger charge is -2.07. The molecule has 0 bridgehead atoms. The van der Waals surface area contributed by atoms with E-state index in [4.69, 9.17) is 0 Å². The van der Waals surface area contributed by atoms with Gasteiger partial charge in [0.05, 0.1) is 11.1 Å². The lowest BCUT2D eigenvalue weighted by molar-refractivity contribution is -0.403. The predicted octanol–water partition coefficient (Wildman–Crippen LogP) is 1.75. The van der Waals surface area contributed by atoms with Crippen LogP contribution in [0, 0.1) is 10.1 Å². The molecule has 0 saturated carbocycles. The second-order valence-electron chi connectivity index (χ2n) is 3.26. The van der Waals surface area contributed by atoms with Crippen molar-refractivity contribution in [2.75, 3.05) is 0 Å². The molecular weight excluding hydrogens is 180 g/mol. The lowest BCUT2D eigenvalue weighted by Crippen LogP contribution is -2.07. The summed E-state index contributed by atoms with van der Waals surface area (Å²) in [5.41, 5.74) is 2.50. The molecule has 0 N–H and O–H groups in total. The number of fused-ring (bicyclic) bond motifs is 1. The van der Waals surface area contributed by atoms with Gasteiger partial charge in [-0.25, -0.2) is 0 Å². The fraction of sp³-hybridized carbons (Fsp3) is 0.200. The minimum absolute atomic E-state index is 0.441. The zero-order valence-corrected chi connectivity index (χ0v) is 7.59. The highest BCUT2D eigenvalue weighted by Gasteiger charge is 2.15. The van der Waals surface area contributed by atoms with E-state index >= 15 is 0 Å². The van der Waals surface area contributed by atoms with Gasteiger partial charge >= 0.3 is 0 Å². The highest BCUT2D eigenvalue weighted by molar-refractivity contribution is 5.30. The predicted molar refractivity (Wildman–Crippen MR) is 51.8 cm³/mol. The molecule has 1 aromatic rings. The van der Waals surface area contributed by atoms with Crippen molar-refractivity contribution in [3.63, 3.8) is 0 Å². The van der Waals surface area contributed by atoms with Crippen molar-refractivity contribution in [2.24, 2.45) is 0 Å². The Hall–Kier alpha value is -1.84. The number of nitro groups is 1. The van der Waals surface area contributed by atoms with Crippen LogP contribution < -0.4 is 0 Å². The van der Waals surface area contributed by atoms with Gasteiger partial charge in [-0.15, -0.1) is 0 Å². The Bertz CT molecular complexity index is 362. The van der Waals surface area contributed by atoms with Gasteiger partial charge in [0.2, 0.25) is 6.20 Å². The van der Waals surface area contributed by atoms with E-state index in [1.165, 1.54) is 17.3 Å². The van der Waals surface area contributed by atoms with Crippen LogP contribution in [0.2, 0.25) is 0 Å². The lowest BCUT2D eigenvalue weighted by atomic mass is 10.1. The third kappa shape index (κ3) is 1.74. The second kappa shape index (κ2) is 3.49. The summed E-state index contributed by atoms with van der Waals surface area (Å²) >= 11 is 0. The molecule has 4 heteroatoms. The molecule has 1 heterocycles. The quantitative estimate of drug-likeness (QED) is 0.527. The molecule has 0 fully saturated rings. The monoisotopic (exact) mass is 190 g/mol. The van der Waals surface area contributed by atoms with E-state index in [-0.39, 0.29) is 0 Å². The SMILES string of the molecule is O=[N+]([O-])/C=C/N1Cc2ccccc2C1. The maximum atomic E-state index is 10.1. The largest absolute Gasteiger partial charge is 0.364 e. The van der Waals surface area contributed by atoms with Gasteiger partial charge in [0.15, 0.2) is 0 Å². The van der Waals surface area contributed by atoms with Crippen molar-refractivity contribution in [1.29, 1.82) is 0 Å². The van der Waals surface area contributed by atoms with E-state index in [2.05, 4.69) is 12.1 Å². The molecule has 0 aliphatic carbocycles. The molecule has 72 valence electrons. The Balaban J connectivity index is 2.08. The van der Waals surface area contributed by atoms with Crippen molar-refractivity contribution >= 4 is 0 Å². The summed E-state index contributed by atoms with van der Waals surface area (Å²) < 4.78 is 0. The van der Waals surface area contributed by atoms with E-state index in [1.807, 2.05) is 17.0 Å². The van der Waals surface area contributed by atoms with E-state index < -0.39 is 4.92 Å². The van der Waals surface area contributed by atoms with E-state index in [1.54, 1.807) is 0 Å². The molecule has 1 aliphatic rings. The molecule has 2 rings (SSSR count). The summed E-state index contributed by atoms with van der Waals surface area (Å²) in [5, 5.41) is 10.1. The molecule has 0 spiro atoms. The molecule has 4 nitrogen and oxygen atoms in total. The summed E-state index contributed by atoms with van der Waals surface area (Å²) in [7, 11) is 0. The molecule has 0 aromatic heterocycles. The van der Waals surface area contributed by atoms with E-state index in [9.17, 15) is 10.1 Å². The van der Waals surface area contributed by atoms with Crippen molar-refractivity contribution in [2.45, 2.75) is 13.1 Å². The van der Waals surface area contributed by atoms with Crippen molar-refractivity contribution < 1.29 is 4.92 Å². The third-order valence-electron chi connectivity index (χ3n) is 2.26. The van der Waals surface area contributed by atoms with Gasteiger partial charge in [-0.05, 0) is 11.1 Å². The molecule has 0 atom stereocenters. The first-order valence-corrected chi connectivity index (χ1v) is 4.38. The van der Waals surface area contributed by atoms with Gasteiger partial charge in [-0.3, -0.25) is 10.1 Å². The first-order valence-electron chi connectivity index (χ1n) is 4.38. The maximum absolute atomic E-state index is 10.1. The zero-order valence-electron chi connectivity index (χ0n) is 7.59. The van der Waals surface area contributed by atoms with Crippen molar-refractivity contribution in [3.05, 3.63) is 57.9 Å². The number of benzene rings is 1. The summed E-state index contributed by atoms with van der Waals surface area (Å²) in [4.78, 5) is 11.6. The van der Waals surface area contributed by atoms with Crippen LogP contribution in [0.3, 0.4) is 0 Å². The first kappa shape index (κ1) is 8.74. The summed E-state index contributed by atoms with van der Waals surface area (Å²) in [6.07, 6.45) is 2.51. The van der Waals surface area contributed by atoms with Gasteiger partial charge in [0, 0.05) is 13.1 Å². The van der Waals surface area contributed by atoms with Gasteiger partial charge < -0.3 is 4.90 Å². The van der Waals surface area contributed by atoms with Crippen LogP contribution in [0.5, 0.6) is 0 Å². The maximum Gasteiger partial charge on any atom is 0.250 e. The highest BCUT2D eigenvalue weighted by atomic mass is 16.6. The van der Waals surface area contributed by atoms with Gasteiger partial charge in [-0.1, -0.05) is 24.3 Å². The Morgan fingerprint density at radius 3 is 2.36 bits per heavy atom. The smallest absolute Gasteiger partial charge is 0.250 e. The number of hydrogen-bond donors (Lipinski definition) is 0. The van der Waals surface area contributed by atoms with E-state index in [0.717, 1.165) is 19.3 Å². The van der Waals surface area contributed by atoms with Crippen LogP contribution in [-0.2, 0) is 13.1 Å². The fourth-order valence-corrected chi connectivity index (χ4v) is 1.61. The molecule has 0 unspecified atom stereocenters. The highest BCUT2D eigenvalue weighted by Crippen LogP contribution is 2.21. The van der Waals surface area contributed by atoms with Gasteiger partial charge in [0.25, 0.3) is 0 Å². The normalized spacial score (nSPS) is 14.7. The van der Waals surface area contributed by atoms with E-state index in [0.29, 0.717) is 0 Å². The standard InChI is InChI=1S/C10H10N2O2/c13-12(14)6-5-11-7-9-3-1-2-4-10(9)8-11/h1-6H,7-8H2/b6-5+. The number of rotatable bonds is 2. The van der Waals surface area contributed by atoms with Crippen LogP contribution in [-0.4, -0.2) is 9.82 Å². The minimum Gasteiger partial charge on any atom is -0.364 e. The Morgan fingerprint density at radius 2 is 1.86 bits per heavy atom. The fourth-order valence-electron chi connectivity index (χ4n) is 1.61. The number of nitrogens with zero attached hydrogens (tertiary/aromatic N) is 2. The molecule has 0 amide bonds. The summed E-state index contributed by atoms with van der Waals surface area (Å²) in [5.74, 6) is 0. The van der Waals surface area contributed by atoms with Crippen LogP contribution >= 0.6 is 0 Å². The van der Waals surface area contributed by atoms with Crippen LogP contribution in [0.15, 0.2) is 36.7 Å². The van der Waals surface area contributed by atoms with Crippen molar-refractivity contribution in [1.82, 2.24) is 4.90 Å². The van der Waals surface area contributed by atoms with Crippen LogP contribution in [0.4, 0.5) is 0 Å². The molecule has 0 saturated heterocycles. The topological polar surface area (TPSA) is 46.4 Å². The van der Waals surface area contributed by atoms with Gasteiger partial charge in [-0.2, -0.15) is 0 Å². The zero-order chi connectivity index (χ0) is 9.97. The second-order valence-corrected chi connectivity index (χ2v) is 3.26. The Morgan fingerprint density at radius 1 is 1.29 bits per heavy atom. The Labute approximate surface area is 81.6 Å². The Kier molecular flexibility index (Phi) is 2.18. The number of hydrogen-bond acceptors (Lipinski definition) is 3. The minimum atomic E-state index is -0.441. The average molecular weight is 190 g/mol. The summed E-state index contributed by atoms with van der Waals surface area (Å²) in [6.45, 7) is 1.53. The molecule has 1 aromatic carbocycles. The van der Waals surface area contributed by atoms with Gasteiger partial charge in [0.1, 0.15) is 0 Å². The summed E-state index contributed by atoms with van der Waals surface area (Å²) in [6, 6.07) is 8.07. The van der Waals surface area contributed by atoms with Crippen LogP contribution in [0.1, 0.15) is 11.1 Å². The molecule has 14 heavy (non-hydrogen) atoms. The molecule has 0 radical (unpaired) electrons. The molecule has 1 aliphatic heterocycles. The van der Waals surface area contributed by atoms with Crippen LogP contribution in [0.25, 0.3) is 0 Å².